The Balaban J connectivity index is 2.01. The van der Waals surface area contributed by atoms with Gasteiger partial charge in [0.1, 0.15) is 6.54 Å². The maximum Gasteiger partial charge on any atom is 0.406 e. The molecule has 2 rings (SSSR count). The lowest BCUT2D eigenvalue weighted by Crippen LogP contribution is -2.22. The zero-order valence-electron chi connectivity index (χ0n) is 15.8. The number of rotatable bonds is 6. The van der Waals surface area contributed by atoms with Crippen LogP contribution >= 0.6 is 0 Å². The van der Waals surface area contributed by atoms with E-state index in [1.807, 2.05) is 0 Å². The molecule has 1 N–H and O–H groups in total. The summed E-state index contributed by atoms with van der Waals surface area (Å²) >= 11 is 0. The maximum absolute atomic E-state index is 12.6. The van der Waals surface area contributed by atoms with Crippen LogP contribution in [0, 0.1) is 30.9 Å². The highest BCUT2D eigenvalue weighted by Crippen LogP contribution is 2.24. The zero-order chi connectivity index (χ0) is 21.9. The number of nitrogens with one attached hydrogen (secondary N) is 1. The van der Waals surface area contributed by atoms with Crippen LogP contribution in [0.4, 0.5) is 24.5 Å². The monoisotopic (exact) mass is 413 g/mol. The van der Waals surface area contributed by atoms with Crippen LogP contribution in [-0.4, -0.2) is 34.2 Å². The lowest BCUT2D eigenvalue weighted by molar-refractivity contribution is -0.384. The Morgan fingerprint density at radius 1 is 1.21 bits per heavy atom. The molecule has 0 atom stereocenters. The van der Waals surface area contributed by atoms with Crippen LogP contribution in [0.15, 0.2) is 24.3 Å². The minimum atomic E-state index is -4.45. The van der Waals surface area contributed by atoms with Crippen LogP contribution in [-0.2, 0) is 16.1 Å². The number of nitro benzene ring substituents is 1. The third-order valence-corrected chi connectivity index (χ3v) is 4.16. The molecule has 0 unspecified atom stereocenters. The summed E-state index contributed by atoms with van der Waals surface area (Å²) in [4.78, 5) is 34.3. The molecule has 0 saturated heterocycles. The van der Waals surface area contributed by atoms with Crippen molar-refractivity contribution in [2.24, 2.45) is 0 Å². The minimum Gasteiger partial charge on any atom is -0.452 e. The predicted octanol–water partition coefficient (Wildman–Crippen LogP) is 3.68. The SMILES string of the molecule is Cc1cc([N+](=O)[O-])ccc1NC(=O)COC(=O)c1cc(C)n(CC(F)(F)F)c1C. The Kier molecular flexibility index (Phi) is 6.30. The second kappa shape index (κ2) is 8.33. The van der Waals surface area contributed by atoms with Gasteiger partial charge in [0, 0.05) is 29.2 Å². The minimum absolute atomic E-state index is 0.0638. The molecule has 1 amide bonds. The Bertz CT molecular complexity index is 966. The molecule has 1 heterocycles. The Hall–Kier alpha value is -3.37. The van der Waals surface area contributed by atoms with E-state index in [0.717, 1.165) is 4.57 Å². The van der Waals surface area contributed by atoms with Gasteiger partial charge in [-0.2, -0.15) is 13.2 Å². The molecule has 0 aliphatic rings. The number of carbonyl (C=O) groups excluding carboxylic acids is 2. The van der Waals surface area contributed by atoms with Gasteiger partial charge in [-0.25, -0.2) is 4.79 Å². The number of aryl methyl sites for hydroxylation is 2. The number of amides is 1. The highest BCUT2D eigenvalue weighted by Gasteiger charge is 2.30. The maximum atomic E-state index is 12.6. The normalized spacial score (nSPS) is 11.2. The Morgan fingerprint density at radius 3 is 2.41 bits per heavy atom. The third-order valence-electron chi connectivity index (χ3n) is 4.16. The second-order valence-electron chi connectivity index (χ2n) is 6.37. The van der Waals surface area contributed by atoms with Gasteiger partial charge in [0.25, 0.3) is 11.6 Å². The van der Waals surface area contributed by atoms with E-state index in [9.17, 15) is 32.9 Å². The number of non-ortho nitro benzene ring substituents is 1. The van der Waals surface area contributed by atoms with Crippen LogP contribution in [0.25, 0.3) is 0 Å². The smallest absolute Gasteiger partial charge is 0.406 e. The molecule has 1 aromatic heterocycles. The number of nitrogens with zero attached hydrogens (tertiary/aromatic N) is 2. The number of carbonyl (C=O) groups is 2. The van der Waals surface area contributed by atoms with E-state index in [1.54, 1.807) is 6.92 Å². The molecule has 0 spiro atoms. The first-order chi connectivity index (χ1) is 13.4. The summed E-state index contributed by atoms with van der Waals surface area (Å²) in [5.41, 5.74) is 0.857. The summed E-state index contributed by atoms with van der Waals surface area (Å²) in [7, 11) is 0. The first kappa shape index (κ1) is 21.9. The predicted molar refractivity (Wildman–Crippen MR) is 96.7 cm³/mol. The van der Waals surface area contributed by atoms with Crippen LogP contribution in [0.5, 0.6) is 0 Å². The summed E-state index contributed by atoms with van der Waals surface area (Å²) in [6.07, 6.45) is -4.45. The van der Waals surface area contributed by atoms with Crippen molar-refractivity contribution in [2.45, 2.75) is 33.5 Å². The highest BCUT2D eigenvalue weighted by atomic mass is 19.4. The Labute approximate surface area is 163 Å². The van der Waals surface area contributed by atoms with Gasteiger partial charge in [0.2, 0.25) is 0 Å². The molecule has 29 heavy (non-hydrogen) atoms. The number of alkyl halides is 3. The second-order valence-corrected chi connectivity index (χ2v) is 6.37. The fraction of sp³-hybridized carbons (Fsp3) is 0.333. The van der Waals surface area contributed by atoms with Gasteiger partial charge in [-0.3, -0.25) is 14.9 Å². The molecule has 2 aromatic rings. The lowest BCUT2D eigenvalue weighted by atomic mass is 10.2. The van der Waals surface area contributed by atoms with Gasteiger partial charge in [-0.1, -0.05) is 0 Å². The molecule has 156 valence electrons. The van der Waals surface area contributed by atoms with Gasteiger partial charge in [0.05, 0.1) is 10.5 Å². The first-order valence-corrected chi connectivity index (χ1v) is 8.34. The van der Waals surface area contributed by atoms with Crippen molar-refractivity contribution in [2.75, 3.05) is 11.9 Å². The van der Waals surface area contributed by atoms with Crippen molar-refractivity contribution in [3.8, 4) is 0 Å². The molecule has 0 saturated carbocycles. The summed E-state index contributed by atoms with van der Waals surface area (Å²) in [6.45, 7) is 2.44. The molecule has 1 aromatic carbocycles. The van der Waals surface area contributed by atoms with E-state index < -0.39 is 36.1 Å². The summed E-state index contributed by atoms with van der Waals surface area (Å²) in [5, 5.41) is 13.2. The summed E-state index contributed by atoms with van der Waals surface area (Å²) < 4.78 is 43.8. The van der Waals surface area contributed by atoms with Crippen molar-refractivity contribution in [3.63, 3.8) is 0 Å². The largest absolute Gasteiger partial charge is 0.452 e. The van der Waals surface area contributed by atoms with Gasteiger partial charge in [-0.05, 0) is 38.5 Å². The van der Waals surface area contributed by atoms with E-state index >= 15 is 0 Å². The molecular formula is C18H18F3N3O5. The van der Waals surface area contributed by atoms with Gasteiger partial charge in [0.15, 0.2) is 6.61 Å². The molecule has 0 aliphatic heterocycles. The number of anilines is 1. The molecule has 0 fully saturated rings. The van der Waals surface area contributed by atoms with E-state index in [0.29, 0.717) is 11.3 Å². The summed E-state index contributed by atoms with van der Waals surface area (Å²) in [5.74, 6) is -1.62. The van der Waals surface area contributed by atoms with Gasteiger partial charge < -0.3 is 14.6 Å². The van der Waals surface area contributed by atoms with Gasteiger partial charge >= 0.3 is 12.1 Å². The highest BCUT2D eigenvalue weighted by molar-refractivity contribution is 5.96. The number of hydrogen-bond donors (Lipinski definition) is 1. The third kappa shape index (κ3) is 5.56. The zero-order valence-corrected chi connectivity index (χ0v) is 15.8. The number of benzene rings is 1. The fourth-order valence-electron chi connectivity index (χ4n) is 2.73. The first-order valence-electron chi connectivity index (χ1n) is 8.34. The van der Waals surface area contributed by atoms with E-state index in [1.165, 1.54) is 38.1 Å². The number of halogens is 3. The number of esters is 1. The van der Waals surface area contributed by atoms with Crippen molar-refractivity contribution in [3.05, 3.63) is 56.9 Å². The average Bonchev–Trinajstić information content (AvgIpc) is 2.88. The van der Waals surface area contributed by atoms with E-state index in [4.69, 9.17) is 4.74 Å². The standard InChI is InChI=1S/C18H18F3N3O5/c1-10-6-13(24(27)28)4-5-15(10)22-16(25)8-29-17(26)14-7-11(2)23(12(14)3)9-18(19,20)21/h4-7H,8-9H2,1-3H3,(H,22,25). The lowest BCUT2D eigenvalue weighted by Gasteiger charge is -2.12. The van der Waals surface area contributed by atoms with Crippen LogP contribution in [0.3, 0.4) is 0 Å². The molecule has 8 nitrogen and oxygen atoms in total. The van der Waals surface area contributed by atoms with Crippen molar-refractivity contribution in [1.82, 2.24) is 4.57 Å². The van der Waals surface area contributed by atoms with Crippen LogP contribution < -0.4 is 5.32 Å². The molecular weight excluding hydrogens is 395 g/mol. The number of ether oxygens (including phenoxy) is 1. The topological polar surface area (TPSA) is 103 Å². The Morgan fingerprint density at radius 2 is 1.86 bits per heavy atom. The van der Waals surface area contributed by atoms with Gasteiger partial charge in [-0.15, -0.1) is 0 Å². The quantitative estimate of drug-likeness (QED) is 0.442. The van der Waals surface area contributed by atoms with Crippen molar-refractivity contribution >= 4 is 23.3 Å². The van der Waals surface area contributed by atoms with E-state index in [2.05, 4.69) is 5.32 Å². The molecule has 0 aliphatic carbocycles. The number of nitro groups is 1. The van der Waals surface area contributed by atoms with Crippen LogP contribution in [0.2, 0.25) is 0 Å². The number of aromatic nitrogens is 1. The van der Waals surface area contributed by atoms with Crippen molar-refractivity contribution in [1.29, 1.82) is 0 Å². The van der Waals surface area contributed by atoms with Crippen molar-refractivity contribution < 1.29 is 32.4 Å². The number of hydrogen-bond acceptors (Lipinski definition) is 5. The summed E-state index contributed by atoms with van der Waals surface area (Å²) in [6, 6.07) is 5.10. The van der Waals surface area contributed by atoms with E-state index in [-0.39, 0.29) is 22.6 Å². The van der Waals surface area contributed by atoms with Crippen LogP contribution in [0.1, 0.15) is 27.3 Å². The molecule has 0 radical (unpaired) electrons. The molecule has 0 bridgehead atoms. The molecule has 11 heteroatoms. The average molecular weight is 413 g/mol. The fourth-order valence-corrected chi connectivity index (χ4v) is 2.73.